The van der Waals surface area contributed by atoms with Crippen LogP contribution in [0.3, 0.4) is 0 Å². The first kappa shape index (κ1) is 14.8. The van der Waals surface area contributed by atoms with Crippen molar-refractivity contribution >= 4 is 22.4 Å². The number of nitrogens with zero attached hydrogens (tertiary/aromatic N) is 1. The van der Waals surface area contributed by atoms with Crippen LogP contribution in [0.1, 0.15) is 13.8 Å². The van der Waals surface area contributed by atoms with Crippen LogP contribution in [0.4, 0.5) is 0 Å². The maximum Gasteiger partial charge on any atom is 0.406 e. The molecule has 5 nitrogen and oxygen atoms in total. The summed E-state index contributed by atoms with van der Waals surface area (Å²) in [5.41, 5.74) is -0.149. The fourth-order valence-corrected chi connectivity index (χ4v) is 1.97. The molecular formula is C16H17NO4. The molecule has 1 aromatic heterocycles. The number of rotatable bonds is 5. The summed E-state index contributed by atoms with van der Waals surface area (Å²) in [7, 11) is 0. The lowest BCUT2D eigenvalue weighted by atomic mass is 10.2. The van der Waals surface area contributed by atoms with Gasteiger partial charge in [-0.25, -0.2) is 4.79 Å². The Hall–Kier alpha value is -2.56. The van der Waals surface area contributed by atoms with Crippen molar-refractivity contribution < 1.29 is 23.9 Å². The second-order valence-corrected chi connectivity index (χ2v) is 4.27. The van der Waals surface area contributed by atoms with Crippen molar-refractivity contribution in [3.05, 3.63) is 48.7 Å². The number of esters is 1. The van der Waals surface area contributed by atoms with Crippen LogP contribution in [0.15, 0.2) is 48.7 Å². The highest BCUT2D eigenvalue weighted by molar-refractivity contribution is 6.06. The van der Waals surface area contributed by atoms with Gasteiger partial charge in [-0.05, 0) is 25.0 Å². The largest absolute Gasteiger partial charge is 0.609 e. The third kappa shape index (κ3) is 3.31. The molecule has 5 heteroatoms. The molecule has 0 radical (unpaired) electrons. The third-order valence-corrected chi connectivity index (χ3v) is 2.88. The second kappa shape index (κ2) is 6.74. The highest BCUT2D eigenvalue weighted by Crippen LogP contribution is 2.12. The summed E-state index contributed by atoms with van der Waals surface area (Å²) in [4.78, 5) is 12.0. The SMILES string of the molecule is CCOC(=O)/C(=C(\[O-])OCC)[n+]1ccc2ccccc2c1. The molecule has 0 fully saturated rings. The van der Waals surface area contributed by atoms with Crippen LogP contribution >= 0.6 is 0 Å². The lowest BCUT2D eigenvalue weighted by Crippen LogP contribution is -2.40. The zero-order valence-corrected chi connectivity index (χ0v) is 12.0. The Morgan fingerprint density at radius 2 is 1.76 bits per heavy atom. The standard InChI is InChI=1S/C16H17NO4/c1-3-20-15(18)14(16(19)21-4-2)17-10-9-12-7-5-6-8-13(12)11-17/h5-11H,3-4H2,1-2H3. The van der Waals surface area contributed by atoms with E-state index >= 15 is 0 Å². The highest BCUT2D eigenvalue weighted by atomic mass is 16.6. The van der Waals surface area contributed by atoms with Gasteiger partial charge in [0.1, 0.15) is 5.95 Å². The van der Waals surface area contributed by atoms with E-state index in [0.717, 1.165) is 10.8 Å². The fraction of sp³-hybridized carbons (Fsp3) is 0.250. The predicted octanol–water partition coefficient (Wildman–Crippen LogP) is 1.21. The molecule has 1 aromatic carbocycles. The van der Waals surface area contributed by atoms with Crippen molar-refractivity contribution in [2.24, 2.45) is 0 Å². The van der Waals surface area contributed by atoms with Gasteiger partial charge in [-0.3, -0.25) is 0 Å². The first-order valence-corrected chi connectivity index (χ1v) is 6.79. The second-order valence-electron chi connectivity index (χ2n) is 4.27. The number of aromatic nitrogens is 1. The van der Waals surface area contributed by atoms with E-state index in [1.807, 2.05) is 30.3 Å². The summed E-state index contributed by atoms with van der Waals surface area (Å²) in [6.07, 6.45) is 3.35. The molecule has 0 aliphatic rings. The van der Waals surface area contributed by atoms with E-state index in [0.29, 0.717) is 0 Å². The van der Waals surface area contributed by atoms with Crippen LogP contribution in [0.5, 0.6) is 0 Å². The van der Waals surface area contributed by atoms with Crippen LogP contribution in [0.25, 0.3) is 16.5 Å². The minimum atomic E-state index is -0.698. The van der Waals surface area contributed by atoms with Gasteiger partial charge >= 0.3 is 11.7 Å². The number of ether oxygens (including phenoxy) is 2. The molecule has 0 amide bonds. The van der Waals surface area contributed by atoms with E-state index in [2.05, 4.69) is 0 Å². The summed E-state index contributed by atoms with van der Waals surface area (Å²) in [5.74, 6) is -1.40. The Labute approximate surface area is 123 Å². The van der Waals surface area contributed by atoms with Crippen LogP contribution in [0, 0.1) is 0 Å². The Bertz CT molecular complexity index is 679. The van der Waals surface area contributed by atoms with Gasteiger partial charge in [0.2, 0.25) is 0 Å². The first-order valence-electron chi connectivity index (χ1n) is 6.79. The molecule has 2 aromatic rings. The van der Waals surface area contributed by atoms with Crippen LogP contribution in [-0.2, 0) is 14.3 Å². The molecule has 0 aliphatic heterocycles. The number of benzene rings is 1. The number of carbonyl (C=O) groups is 1. The summed E-state index contributed by atoms with van der Waals surface area (Å²) in [6.45, 7) is 3.75. The van der Waals surface area contributed by atoms with Gasteiger partial charge < -0.3 is 14.6 Å². The van der Waals surface area contributed by atoms with E-state index in [1.165, 1.54) is 4.57 Å². The van der Waals surface area contributed by atoms with E-state index in [1.54, 1.807) is 26.2 Å². The summed E-state index contributed by atoms with van der Waals surface area (Å²) in [5, 5.41) is 13.9. The maximum absolute atomic E-state index is 12.0. The van der Waals surface area contributed by atoms with Crippen molar-refractivity contribution in [1.82, 2.24) is 0 Å². The summed E-state index contributed by atoms with van der Waals surface area (Å²) >= 11 is 0. The first-order chi connectivity index (χ1) is 10.2. The molecule has 0 N–H and O–H groups in total. The van der Waals surface area contributed by atoms with E-state index < -0.39 is 11.9 Å². The molecule has 0 atom stereocenters. The minimum Gasteiger partial charge on any atom is -0.609 e. The summed E-state index contributed by atoms with van der Waals surface area (Å²) in [6, 6.07) is 9.50. The lowest BCUT2D eigenvalue weighted by Gasteiger charge is -2.13. The Morgan fingerprint density at radius 3 is 2.43 bits per heavy atom. The van der Waals surface area contributed by atoms with Crippen molar-refractivity contribution in [1.29, 1.82) is 0 Å². The Morgan fingerprint density at radius 1 is 1.10 bits per heavy atom. The molecular weight excluding hydrogens is 270 g/mol. The van der Waals surface area contributed by atoms with Crippen molar-refractivity contribution in [3.63, 3.8) is 0 Å². The summed E-state index contributed by atoms with van der Waals surface area (Å²) < 4.78 is 11.3. The van der Waals surface area contributed by atoms with Crippen molar-refractivity contribution in [2.45, 2.75) is 13.8 Å². The van der Waals surface area contributed by atoms with E-state index in [-0.39, 0.29) is 18.9 Å². The molecule has 0 aliphatic carbocycles. The predicted molar refractivity (Wildman–Crippen MR) is 75.6 cm³/mol. The highest BCUT2D eigenvalue weighted by Gasteiger charge is 2.24. The quantitative estimate of drug-likeness (QED) is 0.359. The monoisotopic (exact) mass is 287 g/mol. The van der Waals surface area contributed by atoms with Gasteiger partial charge in [-0.15, -0.1) is 0 Å². The minimum absolute atomic E-state index is 0.149. The van der Waals surface area contributed by atoms with Crippen LogP contribution in [-0.4, -0.2) is 19.2 Å². The fourth-order valence-electron chi connectivity index (χ4n) is 1.97. The van der Waals surface area contributed by atoms with Gasteiger partial charge in [-0.1, -0.05) is 25.1 Å². The van der Waals surface area contributed by atoms with Gasteiger partial charge in [0.05, 0.1) is 6.61 Å². The maximum atomic E-state index is 12.0. The number of hydrogen-bond acceptors (Lipinski definition) is 4. The van der Waals surface area contributed by atoms with Crippen molar-refractivity contribution in [3.8, 4) is 0 Å². The topological polar surface area (TPSA) is 62.5 Å². The molecule has 0 saturated carbocycles. The third-order valence-electron chi connectivity index (χ3n) is 2.88. The molecule has 0 bridgehead atoms. The Kier molecular flexibility index (Phi) is 4.77. The zero-order chi connectivity index (χ0) is 15.2. The lowest BCUT2D eigenvalue weighted by molar-refractivity contribution is -0.584. The number of carbonyl (C=O) groups excluding carboxylic acids is 1. The average Bonchev–Trinajstić information content (AvgIpc) is 2.48. The van der Waals surface area contributed by atoms with Crippen LogP contribution < -0.4 is 9.67 Å². The number of fused-ring (bicyclic) bond motifs is 1. The molecule has 110 valence electrons. The average molecular weight is 287 g/mol. The zero-order valence-electron chi connectivity index (χ0n) is 12.0. The molecule has 2 rings (SSSR count). The number of pyridine rings is 1. The van der Waals surface area contributed by atoms with Gasteiger partial charge in [0, 0.05) is 11.5 Å². The molecule has 21 heavy (non-hydrogen) atoms. The van der Waals surface area contributed by atoms with Gasteiger partial charge in [-0.2, -0.15) is 4.57 Å². The smallest absolute Gasteiger partial charge is 0.406 e. The van der Waals surface area contributed by atoms with Gasteiger partial charge in [0.25, 0.3) is 0 Å². The number of hydrogen-bond donors (Lipinski definition) is 0. The molecule has 0 unspecified atom stereocenters. The van der Waals surface area contributed by atoms with E-state index in [9.17, 15) is 9.90 Å². The van der Waals surface area contributed by atoms with Gasteiger partial charge in [0.15, 0.2) is 12.4 Å². The van der Waals surface area contributed by atoms with Crippen LogP contribution in [0.2, 0.25) is 0 Å². The van der Waals surface area contributed by atoms with Crippen molar-refractivity contribution in [2.75, 3.05) is 13.2 Å². The van der Waals surface area contributed by atoms with E-state index in [4.69, 9.17) is 9.47 Å². The normalized spacial score (nSPS) is 11.9. The molecule has 0 spiro atoms. The molecule has 1 heterocycles. The Balaban J connectivity index is 2.52. The molecule has 0 saturated heterocycles.